The number of carbonyl (C=O) groups is 1. The Morgan fingerprint density at radius 1 is 0.750 bits per heavy atom. The molecule has 0 saturated heterocycles. The first-order valence-electron chi connectivity index (χ1n) is 9.85. The highest BCUT2D eigenvalue weighted by Gasteiger charge is 2.33. The molecule has 4 rings (SSSR count). The number of rotatable bonds is 5. The monoisotopic (exact) mass is 433 g/mol. The lowest BCUT2D eigenvalue weighted by Crippen LogP contribution is -2.07. The Morgan fingerprint density at radius 3 is 1.94 bits per heavy atom. The molecular weight excluding hydrogens is 415 g/mol. The van der Waals surface area contributed by atoms with Gasteiger partial charge in [0.15, 0.2) is 0 Å². The van der Waals surface area contributed by atoms with E-state index in [-0.39, 0.29) is 17.2 Å². The van der Waals surface area contributed by atoms with Crippen LogP contribution in [0.2, 0.25) is 0 Å². The van der Waals surface area contributed by atoms with Gasteiger partial charge < -0.3 is 5.11 Å². The van der Waals surface area contributed by atoms with Crippen molar-refractivity contribution in [3.63, 3.8) is 0 Å². The fourth-order valence-corrected chi connectivity index (χ4v) is 3.76. The molecule has 3 aromatic carbocycles. The van der Waals surface area contributed by atoms with Crippen molar-refractivity contribution in [1.29, 1.82) is 0 Å². The summed E-state index contributed by atoms with van der Waals surface area (Å²) in [4.78, 5) is 15.2. The molecule has 0 spiro atoms. The molecule has 0 amide bonds. The van der Waals surface area contributed by atoms with E-state index in [0.29, 0.717) is 5.56 Å². The number of aromatic nitrogens is 1. The third-order valence-electron chi connectivity index (χ3n) is 5.26. The fraction of sp³-hybridized carbons (Fsp3) is 0.0769. The van der Waals surface area contributed by atoms with E-state index < -0.39 is 17.7 Å². The molecule has 0 radical (unpaired) electrons. The predicted molar refractivity (Wildman–Crippen MR) is 115 cm³/mol. The molecule has 6 heteroatoms. The zero-order chi connectivity index (χ0) is 22.7. The Kier molecular flexibility index (Phi) is 5.77. The van der Waals surface area contributed by atoms with E-state index in [1.807, 2.05) is 30.3 Å². The summed E-state index contributed by atoms with van der Waals surface area (Å²) in [6.07, 6.45) is -2.92. The number of carboxylic acid groups (broad SMARTS) is 1. The third-order valence-corrected chi connectivity index (χ3v) is 5.26. The van der Waals surface area contributed by atoms with Gasteiger partial charge in [0.05, 0.1) is 5.56 Å². The minimum Gasteiger partial charge on any atom is -0.477 e. The van der Waals surface area contributed by atoms with Crippen molar-refractivity contribution >= 4 is 5.97 Å². The fourth-order valence-electron chi connectivity index (χ4n) is 3.76. The van der Waals surface area contributed by atoms with Gasteiger partial charge in [-0.2, -0.15) is 13.2 Å². The molecule has 0 saturated carbocycles. The predicted octanol–water partition coefficient (Wildman–Crippen LogP) is 6.65. The zero-order valence-corrected chi connectivity index (χ0v) is 16.8. The van der Waals surface area contributed by atoms with Crippen molar-refractivity contribution in [1.82, 2.24) is 4.98 Å². The minimum atomic E-state index is -4.45. The maximum Gasteiger partial charge on any atom is 0.417 e. The Hall–Kier alpha value is -3.93. The Balaban J connectivity index is 1.76. The lowest BCUT2D eigenvalue weighted by molar-refractivity contribution is -0.137. The molecule has 0 fully saturated rings. The number of carboxylic acids is 1. The molecule has 1 N–H and O–H groups in total. The first kappa shape index (κ1) is 21.3. The highest BCUT2D eigenvalue weighted by atomic mass is 19.4. The van der Waals surface area contributed by atoms with Crippen LogP contribution >= 0.6 is 0 Å². The van der Waals surface area contributed by atoms with Gasteiger partial charge in [0, 0.05) is 12.1 Å². The van der Waals surface area contributed by atoms with E-state index in [2.05, 4.69) is 4.98 Å². The lowest BCUT2D eigenvalue weighted by Gasteiger charge is -2.19. The van der Waals surface area contributed by atoms with Crippen LogP contribution in [0.25, 0.3) is 11.1 Å². The molecule has 160 valence electrons. The molecule has 1 heterocycles. The van der Waals surface area contributed by atoms with E-state index >= 15 is 0 Å². The summed E-state index contributed by atoms with van der Waals surface area (Å²) in [7, 11) is 0. The van der Waals surface area contributed by atoms with Gasteiger partial charge in [-0.05, 0) is 39.9 Å². The minimum absolute atomic E-state index is 0.0559. The van der Waals surface area contributed by atoms with Gasteiger partial charge in [0.25, 0.3) is 0 Å². The third kappa shape index (κ3) is 4.39. The van der Waals surface area contributed by atoms with E-state index in [9.17, 15) is 18.0 Å². The van der Waals surface area contributed by atoms with E-state index in [1.54, 1.807) is 36.4 Å². The van der Waals surface area contributed by atoms with Gasteiger partial charge in [0.1, 0.15) is 5.69 Å². The van der Waals surface area contributed by atoms with Crippen molar-refractivity contribution < 1.29 is 23.1 Å². The van der Waals surface area contributed by atoms with Crippen molar-refractivity contribution in [2.75, 3.05) is 0 Å². The quantitative estimate of drug-likeness (QED) is 0.384. The molecule has 4 aromatic rings. The molecule has 1 atom stereocenters. The van der Waals surface area contributed by atoms with Crippen LogP contribution in [0, 0.1) is 0 Å². The lowest BCUT2D eigenvalue weighted by atomic mass is 9.85. The number of hydrogen-bond donors (Lipinski definition) is 1. The number of alkyl halides is 3. The van der Waals surface area contributed by atoms with Gasteiger partial charge >= 0.3 is 12.1 Å². The number of pyridine rings is 1. The normalized spacial score (nSPS) is 12.3. The molecule has 32 heavy (non-hydrogen) atoms. The maximum atomic E-state index is 13.4. The second-order valence-corrected chi connectivity index (χ2v) is 7.29. The Bertz CT molecular complexity index is 1220. The van der Waals surface area contributed by atoms with Gasteiger partial charge in [-0.3, -0.25) is 0 Å². The van der Waals surface area contributed by atoms with Crippen LogP contribution < -0.4 is 0 Å². The number of halogens is 3. The number of aromatic carboxylic acids is 1. The Labute approximate surface area is 182 Å². The molecule has 1 unspecified atom stereocenters. The number of hydrogen-bond acceptors (Lipinski definition) is 2. The molecule has 0 aliphatic heterocycles. The standard InChI is InChI=1S/C26H18F3NO2/c27-26(28,29)22-9-5-4-8-21(22)17-10-12-19(13-11-17)24(18-6-2-1-3-7-18)20-14-15-23(25(31)32)30-16-20/h1-16,24H,(H,31,32). The van der Waals surface area contributed by atoms with Crippen LogP contribution in [0.3, 0.4) is 0 Å². The van der Waals surface area contributed by atoms with Gasteiger partial charge in [-0.25, -0.2) is 9.78 Å². The average Bonchev–Trinajstić information content (AvgIpc) is 2.80. The van der Waals surface area contributed by atoms with Crippen molar-refractivity contribution in [3.8, 4) is 11.1 Å². The SMILES string of the molecule is O=C(O)c1ccc(C(c2ccccc2)c2ccc(-c3ccccc3C(F)(F)F)cc2)cn1. The Morgan fingerprint density at radius 2 is 1.34 bits per heavy atom. The average molecular weight is 433 g/mol. The highest BCUT2D eigenvalue weighted by molar-refractivity contribution is 5.85. The van der Waals surface area contributed by atoms with Crippen molar-refractivity contribution in [2.24, 2.45) is 0 Å². The molecule has 3 nitrogen and oxygen atoms in total. The summed E-state index contributed by atoms with van der Waals surface area (Å²) in [5.74, 6) is -1.36. The van der Waals surface area contributed by atoms with E-state index in [0.717, 1.165) is 22.8 Å². The number of benzene rings is 3. The van der Waals surface area contributed by atoms with Gasteiger partial charge in [0.2, 0.25) is 0 Å². The molecule has 0 aliphatic carbocycles. The second kappa shape index (κ2) is 8.67. The van der Waals surface area contributed by atoms with E-state index in [1.165, 1.54) is 24.4 Å². The van der Waals surface area contributed by atoms with Crippen LogP contribution in [-0.4, -0.2) is 16.1 Å². The van der Waals surface area contributed by atoms with Crippen LogP contribution in [0.15, 0.2) is 97.2 Å². The summed E-state index contributed by atoms with van der Waals surface area (Å²) in [5, 5.41) is 9.12. The smallest absolute Gasteiger partial charge is 0.417 e. The van der Waals surface area contributed by atoms with Crippen LogP contribution in [0.5, 0.6) is 0 Å². The number of nitrogens with zero attached hydrogens (tertiary/aromatic N) is 1. The van der Waals surface area contributed by atoms with Crippen LogP contribution in [0.1, 0.15) is 38.7 Å². The first-order chi connectivity index (χ1) is 15.3. The maximum absolute atomic E-state index is 13.4. The van der Waals surface area contributed by atoms with Crippen LogP contribution in [-0.2, 0) is 6.18 Å². The van der Waals surface area contributed by atoms with E-state index in [4.69, 9.17) is 5.11 Å². The largest absolute Gasteiger partial charge is 0.477 e. The first-order valence-corrected chi connectivity index (χ1v) is 9.85. The van der Waals surface area contributed by atoms with Gasteiger partial charge in [-0.15, -0.1) is 0 Å². The second-order valence-electron chi connectivity index (χ2n) is 7.29. The van der Waals surface area contributed by atoms with Crippen molar-refractivity contribution in [3.05, 3.63) is 125 Å². The van der Waals surface area contributed by atoms with Crippen molar-refractivity contribution in [2.45, 2.75) is 12.1 Å². The molecular formula is C26H18F3NO2. The summed E-state index contributed by atoms with van der Waals surface area (Å²) >= 11 is 0. The molecule has 1 aromatic heterocycles. The summed E-state index contributed by atoms with van der Waals surface area (Å²) in [5.41, 5.74) is 2.45. The van der Waals surface area contributed by atoms with Gasteiger partial charge in [-0.1, -0.05) is 78.9 Å². The van der Waals surface area contributed by atoms with Crippen LogP contribution in [0.4, 0.5) is 13.2 Å². The highest BCUT2D eigenvalue weighted by Crippen LogP contribution is 2.38. The topological polar surface area (TPSA) is 50.2 Å². The summed E-state index contributed by atoms with van der Waals surface area (Å²) in [6, 6.07) is 25.2. The molecule has 0 aliphatic rings. The molecule has 0 bridgehead atoms. The summed E-state index contributed by atoms with van der Waals surface area (Å²) in [6.45, 7) is 0. The summed E-state index contributed by atoms with van der Waals surface area (Å²) < 4.78 is 40.3. The zero-order valence-electron chi connectivity index (χ0n) is 16.8.